The fourth-order valence-corrected chi connectivity index (χ4v) is 3.34. The van der Waals surface area contributed by atoms with Crippen LogP contribution in [0, 0.1) is 0 Å². The Balaban J connectivity index is 1.82. The minimum absolute atomic E-state index is 0.169. The third-order valence-corrected chi connectivity index (χ3v) is 4.72. The highest BCUT2D eigenvalue weighted by Crippen LogP contribution is 2.24. The molecule has 28 heavy (non-hydrogen) atoms. The van der Waals surface area contributed by atoms with Crippen LogP contribution < -0.4 is 15.3 Å². The van der Waals surface area contributed by atoms with Crippen molar-refractivity contribution in [1.29, 1.82) is 0 Å². The van der Waals surface area contributed by atoms with E-state index in [0.717, 1.165) is 29.0 Å². The van der Waals surface area contributed by atoms with Gasteiger partial charge in [0.2, 0.25) is 5.52 Å². The molecule has 0 aliphatic rings. The van der Waals surface area contributed by atoms with E-state index in [9.17, 15) is 0 Å². The SMILES string of the molecule is CC[n+]1c(/C=C/c2ccc(N(C)C)cc2)c2nc(N)oc2n1-c1ccccc1. The van der Waals surface area contributed by atoms with Crippen molar-refractivity contribution in [1.82, 2.24) is 9.67 Å². The van der Waals surface area contributed by atoms with Crippen LogP contribution in [-0.2, 0) is 6.54 Å². The van der Waals surface area contributed by atoms with Gasteiger partial charge in [-0.25, -0.2) is 0 Å². The lowest BCUT2D eigenvalue weighted by atomic mass is 10.1. The van der Waals surface area contributed by atoms with Crippen molar-refractivity contribution in [3.63, 3.8) is 0 Å². The second kappa shape index (κ2) is 7.23. The first-order valence-corrected chi connectivity index (χ1v) is 9.30. The number of hydrogen-bond acceptors (Lipinski definition) is 4. The number of nitrogens with two attached hydrogens (primary N) is 1. The van der Waals surface area contributed by atoms with E-state index in [4.69, 9.17) is 10.2 Å². The van der Waals surface area contributed by atoms with E-state index in [1.165, 1.54) is 5.69 Å². The summed E-state index contributed by atoms with van der Waals surface area (Å²) >= 11 is 0. The van der Waals surface area contributed by atoms with Crippen molar-refractivity contribution in [3.05, 3.63) is 65.9 Å². The molecule has 0 spiro atoms. The molecule has 2 N–H and O–H groups in total. The number of oxazole rings is 1. The van der Waals surface area contributed by atoms with Gasteiger partial charge < -0.3 is 15.1 Å². The van der Waals surface area contributed by atoms with Crippen LogP contribution in [0.15, 0.2) is 59.0 Å². The Labute approximate surface area is 164 Å². The zero-order valence-corrected chi connectivity index (χ0v) is 16.3. The Morgan fingerprint density at radius 2 is 1.79 bits per heavy atom. The summed E-state index contributed by atoms with van der Waals surface area (Å²) in [6.07, 6.45) is 4.15. The normalized spacial score (nSPS) is 11.5. The summed E-state index contributed by atoms with van der Waals surface area (Å²) < 4.78 is 9.90. The van der Waals surface area contributed by atoms with E-state index in [2.05, 4.69) is 57.9 Å². The number of fused-ring (bicyclic) bond motifs is 1. The van der Waals surface area contributed by atoms with Crippen LogP contribution in [0.1, 0.15) is 18.2 Å². The maximum atomic E-state index is 5.87. The van der Waals surface area contributed by atoms with Crippen LogP contribution in [0.4, 0.5) is 11.7 Å². The number of anilines is 2. The summed E-state index contributed by atoms with van der Waals surface area (Å²) in [7, 11) is 4.07. The molecule has 0 saturated heterocycles. The Morgan fingerprint density at radius 3 is 2.43 bits per heavy atom. The molecular weight excluding hydrogens is 350 g/mol. The molecular formula is C22H24N5O+. The minimum Gasteiger partial charge on any atom is -0.401 e. The maximum Gasteiger partial charge on any atom is 0.294 e. The lowest BCUT2D eigenvalue weighted by Gasteiger charge is -2.11. The summed E-state index contributed by atoms with van der Waals surface area (Å²) in [5, 5.41) is 0. The van der Waals surface area contributed by atoms with E-state index in [-0.39, 0.29) is 6.01 Å². The molecule has 0 radical (unpaired) electrons. The highest BCUT2D eigenvalue weighted by molar-refractivity contribution is 5.84. The molecule has 0 aliphatic carbocycles. The Bertz CT molecular complexity index is 1120. The lowest BCUT2D eigenvalue weighted by molar-refractivity contribution is -0.763. The molecule has 4 aromatic rings. The van der Waals surface area contributed by atoms with Gasteiger partial charge in [-0.05, 0) is 42.8 Å². The topological polar surface area (TPSA) is 64.1 Å². The molecule has 4 rings (SSSR count). The van der Waals surface area contributed by atoms with E-state index in [1.807, 2.05) is 49.1 Å². The number of para-hydroxylation sites is 1. The monoisotopic (exact) mass is 374 g/mol. The number of benzene rings is 2. The van der Waals surface area contributed by atoms with Gasteiger partial charge in [-0.3, -0.25) is 0 Å². The second-order valence-electron chi connectivity index (χ2n) is 6.77. The van der Waals surface area contributed by atoms with Gasteiger partial charge in [-0.1, -0.05) is 39.7 Å². The predicted molar refractivity (Wildman–Crippen MR) is 113 cm³/mol. The van der Waals surface area contributed by atoms with Gasteiger partial charge in [0.05, 0.1) is 0 Å². The van der Waals surface area contributed by atoms with Crippen LogP contribution in [0.5, 0.6) is 0 Å². The van der Waals surface area contributed by atoms with E-state index >= 15 is 0 Å². The van der Waals surface area contributed by atoms with Crippen LogP contribution in [0.25, 0.3) is 29.1 Å². The van der Waals surface area contributed by atoms with E-state index in [0.29, 0.717) is 5.71 Å². The van der Waals surface area contributed by atoms with Gasteiger partial charge in [0.1, 0.15) is 5.69 Å². The zero-order valence-electron chi connectivity index (χ0n) is 16.3. The average molecular weight is 374 g/mol. The minimum atomic E-state index is 0.169. The average Bonchev–Trinajstić information content (AvgIpc) is 3.21. The van der Waals surface area contributed by atoms with Gasteiger partial charge in [0, 0.05) is 25.9 Å². The van der Waals surface area contributed by atoms with Crippen molar-refractivity contribution in [2.75, 3.05) is 24.7 Å². The lowest BCUT2D eigenvalue weighted by Crippen LogP contribution is -2.43. The van der Waals surface area contributed by atoms with Crippen molar-refractivity contribution in [3.8, 4) is 5.69 Å². The van der Waals surface area contributed by atoms with Crippen LogP contribution in [0.3, 0.4) is 0 Å². The Hall–Kier alpha value is -3.54. The van der Waals surface area contributed by atoms with E-state index in [1.54, 1.807) is 0 Å². The molecule has 2 aromatic heterocycles. The standard InChI is InChI=1S/C22H24N5O/c1-4-26-19(15-12-16-10-13-17(14-11-16)25(2)3)20-21(28-22(23)24-20)27(26)18-8-6-5-7-9-18/h5-15H,4H2,1-3H3,(H2,23,24)/q+1. The van der Waals surface area contributed by atoms with Crippen molar-refractivity contribution in [2.45, 2.75) is 13.5 Å². The van der Waals surface area contributed by atoms with Gasteiger partial charge in [-0.2, -0.15) is 4.98 Å². The third-order valence-electron chi connectivity index (χ3n) is 4.72. The molecule has 0 fully saturated rings. The number of nitrogens with zero attached hydrogens (tertiary/aromatic N) is 4. The predicted octanol–water partition coefficient (Wildman–Crippen LogP) is 3.74. The Kier molecular flexibility index (Phi) is 4.61. The quantitative estimate of drug-likeness (QED) is 0.541. The maximum absolute atomic E-state index is 5.87. The largest absolute Gasteiger partial charge is 0.401 e. The summed E-state index contributed by atoms with van der Waals surface area (Å²) in [5.41, 5.74) is 11.5. The first-order valence-electron chi connectivity index (χ1n) is 9.30. The molecule has 0 bridgehead atoms. The number of aromatic nitrogens is 3. The highest BCUT2D eigenvalue weighted by atomic mass is 16.4. The summed E-state index contributed by atoms with van der Waals surface area (Å²) in [5.74, 6) is 0. The van der Waals surface area contributed by atoms with Crippen LogP contribution in [-0.4, -0.2) is 23.8 Å². The first kappa shape index (κ1) is 17.9. The fourth-order valence-electron chi connectivity index (χ4n) is 3.34. The molecule has 0 aliphatic heterocycles. The molecule has 0 atom stereocenters. The number of nitrogen functional groups attached to an aromatic ring is 1. The molecule has 6 heteroatoms. The van der Waals surface area contributed by atoms with Gasteiger partial charge in [0.25, 0.3) is 17.4 Å². The molecule has 2 heterocycles. The van der Waals surface area contributed by atoms with Crippen LogP contribution >= 0.6 is 0 Å². The Morgan fingerprint density at radius 1 is 1.07 bits per heavy atom. The fraction of sp³-hybridized carbons (Fsp3) is 0.182. The van der Waals surface area contributed by atoms with Crippen molar-refractivity contribution in [2.24, 2.45) is 0 Å². The summed E-state index contributed by atoms with van der Waals surface area (Å²) in [6, 6.07) is 18.7. The molecule has 2 aromatic carbocycles. The second-order valence-corrected chi connectivity index (χ2v) is 6.77. The van der Waals surface area contributed by atoms with Crippen LogP contribution in [0.2, 0.25) is 0 Å². The van der Waals surface area contributed by atoms with Gasteiger partial charge >= 0.3 is 0 Å². The first-order chi connectivity index (χ1) is 13.6. The molecule has 6 nitrogen and oxygen atoms in total. The van der Waals surface area contributed by atoms with Gasteiger partial charge in [-0.15, -0.1) is 0 Å². The van der Waals surface area contributed by atoms with Crippen molar-refractivity contribution < 1.29 is 9.10 Å². The molecule has 0 saturated carbocycles. The number of rotatable bonds is 5. The smallest absolute Gasteiger partial charge is 0.294 e. The number of hydrogen-bond donors (Lipinski definition) is 1. The van der Waals surface area contributed by atoms with Crippen molar-refractivity contribution >= 4 is 35.1 Å². The molecule has 0 unspecified atom stereocenters. The molecule has 142 valence electrons. The van der Waals surface area contributed by atoms with Gasteiger partial charge in [0.15, 0.2) is 6.54 Å². The third kappa shape index (κ3) is 3.13. The summed E-state index contributed by atoms with van der Waals surface area (Å²) in [4.78, 5) is 6.51. The summed E-state index contributed by atoms with van der Waals surface area (Å²) in [6.45, 7) is 2.87. The molecule has 0 amide bonds. The zero-order chi connectivity index (χ0) is 19.7. The highest BCUT2D eigenvalue weighted by Gasteiger charge is 2.28. The van der Waals surface area contributed by atoms with E-state index < -0.39 is 0 Å².